The summed E-state index contributed by atoms with van der Waals surface area (Å²) in [6.45, 7) is 1.94. The Morgan fingerprint density at radius 2 is 1.97 bits per heavy atom. The molecule has 1 heterocycles. The number of amides is 2. The van der Waals surface area contributed by atoms with Gasteiger partial charge in [0.25, 0.3) is 5.91 Å². The predicted molar refractivity (Wildman–Crippen MR) is 114 cm³/mol. The van der Waals surface area contributed by atoms with E-state index in [4.69, 9.17) is 11.6 Å². The van der Waals surface area contributed by atoms with Crippen molar-refractivity contribution in [2.45, 2.75) is 18.6 Å². The standard InChI is InChI=1S/C20H19ClFN5O2S/c1-12-7-8-13(22)9-16(12)24-18(28)11-30-20-26-25-17(27(20)2)10-23-19(29)14-5-3-4-6-15(14)21/h3-9H,10-11H2,1-2H3,(H,23,29)(H,24,28). The highest BCUT2D eigenvalue weighted by Crippen LogP contribution is 2.19. The van der Waals surface area contributed by atoms with Gasteiger partial charge < -0.3 is 15.2 Å². The van der Waals surface area contributed by atoms with Crippen LogP contribution in [0.25, 0.3) is 0 Å². The molecule has 0 saturated heterocycles. The summed E-state index contributed by atoms with van der Waals surface area (Å²) in [6, 6.07) is 11.0. The van der Waals surface area contributed by atoms with E-state index in [0.29, 0.717) is 27.3 Å². The molecule has 2 N–H and O–H groups in total. The van der Waals surface area contributed by atoms with Gasteiger partial charge in [0.15, 0.2) is 11.0 Å². The molecule has 3 aromatic rings. The summed E-state index contributed by atoms with van der Waals surface area (Å²) < 4.78 is 15.0. The smallest absolute Gasteiger partial charge is 0.253 e. The summed E-state index contributed by atoms with van der Waals surface area (Å²) in [5.74, 6) is -0.416. The number of thioether (sulfide) groups is 1. The van der Waals surface area contributed by atoms with Crippen molar-refractivity contribution in [3.63, 3.8) is 0 Å². The molecule has 2 amide bonds. The van der Waals surface area contributed by atoms with E-state index in [9.17, 15) is 14.0 Å². The van der Waals surface area contributed by atoms with Crippen LogP contribution in [0.1, 0.15) is 21.7 Å². The zero-order valence-corrected chi connectivity index (χ0v) is 17.9. The van der Waals surface area contributed by atoms with Gasteiger partial charge in [0.05, 0.1) is 22.9 Å². The van der Waals surface area contributed by atoms with Gasteiger partial charge in [-0.2, -0.15) is 0 Å². The maximum Gasteiger partial charge on any atom is 0.253 e. The highest BCUT2D eigenvalue weighted by molar-refractivity contribution is 7.99. The van der Waals surface area contributed by atoms with Crippen molar-refractivity contribution in [1.82, 2.24) is 20.1 Å². The number of nitrogens with zero attached hydrogens (tertiary/aromatic N) is 3. The number of carbonyl (C=O) groups excluding carboxylic acids is 2. The Hall–Kier alpha value is -2.91. The van der Waals surface area contributed by atoms with Gasteiger partial charge in [-0.05, 0) is 36.8 Å². The Labute approximate surface area is 182 Å². The van der Waals surface area contributed by atoms with Gasteiger partial charge in [0, 0.05) is 12.7 Å². The second-order valence-electron chi connectivity index (χ2n) is 6.42. The Kier molecular flexibility index (Phi) is 7.07. The van der Waals surface area contributed by atoms with Crippen molar-refractivity contribution in [2.75, 3.05) is 11.1 Å². The monoisotopic (exact) mass is 447 g/mol. The average molecular weight is 448 g/mol. The number of nitrogens with one attached hydrogen (secondary N) is 2. The third-order valence-electron chi connectivity index (χ3n) is 4.26. The van der Waals surface area contributed by atoms with Gasteiger partial charge in [0.2, 0.25) is 5.91 Å². The van der Waals surface area contributed by atoms with Crippen LogP contribution in [0.4, 0.5) is 10.1 Å². The van der Waals surface area contributed by atoms with Crippen molar-refractivity contribution in [1.29, 1.82) is 0 Å². The Bertz CT molecular complexity index is 1090. The molecule has 0 fully saturated rings. The van der Waals surface area contributed by atoms with E-state index >= 15 is 0 Å². The number of anilines is 1. The van der Waals surface area contributed by atoms with Crippen LogP contribution in [0.5, 0.6) is 0 Å². The lowest BCUT2D eigenvalue weighted by molar-refractivity contribution is -0.113. The molecule has 0 aliphatic heterocycles. The van der Waals surface area contributed by atoms with Gasteiger partial charge in [-0.25, -0.2) is 4.39 Å². The minimum Gasteiger partial charge on any atom is -0.345 e. The lowest BCUT2D eigenvalue weighted by Crippen LogP contribution is -2.24. The lowest BCUT2D eigenvalue weighted by atomic mass is 10.2. The van der Waals surface area contributed by atoms with Crippen molar-refractivity contribution in [3.05, 3.63) is 70.3 Å². The van der Waals surface area contributed by atoms with E-state index in [1.54, 1.807) is 48.9 Å². The number of hydrogen-bond acceptors (Lipinski definition) is 5. The van der Waals surface area contributed by atoms with Crippen LogP contribution in [0.2, 0.25) is 5.02 Å². The van der Waals surface area contributed by atoms with Gasteiger partial charge in [-0.1, -0.05) is 41.6 Å². The van der Waals surface area contributed by atoms with E-state index < -0.39 is 5.82 Å². The highest BCUT2D eigenvalue weighted by Gasteiger charge is 2.14. The first-order valence-electron chi connectivity index (χ1n) is 8.95. The molecule has 0 radical (unpaired) electrons. The molecule has 1 aromatic heterocycles. The number of halogens is 2. The van der Waals surface area contributed by atoms with E-state index in [-0.39, 0.29) is 24.1 Å². The van der Waals surface area contributed by atoms with Crippen molar-refractivity contribution in [3.8, 4) is 0 Å². The number of aryl methyl sites for hydroxylation is 1. The molecule has 156 valence electrons. The molecular formula is C20H19ClFN5O2S. The van der Waals surface area contributed by atoms with Crippen LogP contribution in [0.3, 0.4) is 0 Å². The van der Waals surface area contributed by atoms with Crippen LogP contribution < -0.4 is 10.6 Å². The highest BCUT2D eigenvalue weighted by atomic mass is 35.5. The molecule has 7 nitrogen and oxygen atoms in total. The van der Waals surface area contributed by atoms with Gasteiger partial charge >= 0.3 is 0 Å². The molecule has 10 heteroatoms. The number of benzene rings is 2. The molecule has 30 heavy (non-hydrogen) atoms. The molecule has 3 rings (SSSR count). The first kappa shape index (κ1) is 21.8. The summed E-state index contributed by atoms with van der Waals surface area (Å²) in [4.78, 5) is 24.4. The first-order chi connectivity index (χ1) is 14.3. The zero-order chi connectivity index (χ0) is 21.7. The van der Waals surface area contributed by atoms with Crippen LogP contribution in [-0.2, 0) is 18.4 Å². The topological polar surface area (TPSA) is 88.9 Å². The molecule has 0 aliphatic carbocycles. The average Bonchev–Trinajstić information content (AvgIpc) is 3.07. The van der Waals surface area contributed by atoms with E-state index in [2.05, 4.69) is 20.8 Å². The molecule has 0 atom stereocenters. The fourth-order valence-electron chi connectivity index (χ4n) is 2.57. The minimum absolute atomic E-state index is 0.0773. The van der Waals surface area contributed by atoms with E-state index in [1.165, 1.54) is 23.9 Å². The predicted octanol–water partition coefficient (Wildman–Crippen LogP) is 3.58. The first-order valence-corrected chi connectivity index (χ1v) is 10.3. The van der Waals surface area contributed by atoms with Crippen LogP contribution >= 0.6 is 23.4 Å². The number of rotatable bonds is 7. The van der Waals surface area contributed by atoms with Gasteiger partial charge in [-0.15, -0.1) is 10.2 Å². The van der Waals surface area contributed by atoms with E-state index in [0.717, 1.165) is 5.56 Å². The normalized spacial score (nSPS) is 10.7. The van der Waals surface area contributed by atoms with Crippen molar-refractivity contribution >= 4 is 40.9 Å². The Balaban J connectivity index is 1.55. The molecule has 0 bridgehead atoms. The van der Waals surface area contributed by atoms with Crippen LogP contribution in [0.15, 0.2) is 47.6 Å². The quantitative estimate of drug-likeness (QED) is 0.540. The molecule has 0 saturated carbocycles. The van der Waals surface area contributed by atoms with Crippen molar-refractivity contribution < 1.29 is 14.0 Å². The molecule has 0 unspecified atom stereocenters. The number of aromatic nitrogens is 3. The van der Waals surface area contributed by atoms with Crippen LogP contribution in [-0.4, -0.2) is 32.3 Å². The summed E-state index contributed by atoms with van der Waals surface area (Å²) >= 11 is 7.22. The second-order valence-corrected chi connectivity index (χ2v) is 7.77. The third-order valence-corrected chi connectivity index (χ3v) is 5.61. The molecule has 0 aliphatic rings. The maximum absolute atomic E-state index is 13.3. The lowest BCUT2D eigenvalue weighted by Gasteiger charge is -2.09. The maximum atomic E-state index is 13.3. The second kappa shape index (κ2) is 9.73. The summed E-state index contributed by atoms with van der Waals surface area (Å²) in [5, 5.41) is 14.4. The number of hydrogen-bond donors (Lipinski definition) is 2. The molecular weight excluding hydrogens is 429 g/mol. The number of carbonyl (C=O) groups is 2. The molecule has 0 spiro atoms. The Morgan fingerprint density at radius 1 is 1.20 bits per heavy atom. The minimum atomic E-state index is -0.416. The van der Waals surface area contributed by atoms with Crippen molar-refractivity contribution in [2.24, 2.45) is 7.05 Å². The van der Waals surface area contributed by atoms with Crippen LogP contribution in [0, 0.1) is 12.7 Å². The largest absolute Gasteiger partial charge is 0.345 e. The Morgan fingerprint density at radius 3 is 2.73 bits per heavy atom. The summed E-state index contributed by atoms with van der Waals surface area (Å²) in [6.07, 6.45) is 0. The fraction of sp³-hybridized carbons (Fsp3) is 0.200. The fourth-order valence-corrected chi connectivity index (χ4v) is 3.52. The van der Waals surface area contributed by atoms with Gasteiger partial charge in [-0.3, -0.25) is 9.59 Å². The van der Waals surface area contributed by atoms with E-state index in [1.807, 2.05) is 0 Å². The SMILES string of the molecule is Cc1ccc(F)cc1NC(=O)CSc1nnc(CNC(=O)c2ccccc2Cl)n1C. The van der Waals surface area contributed by atoms with Gasteiger partial charge in [0.1, 0.15) is 5.82 Å². The third kappa shape index (κ3) is 5.37. The summed E-state index contributed by atoms with van der Waals surface area (Å²) in [5.41, 5.74) is 1.58. The zero-order valence-electron chi connectivity index (χ0n) is 16.3. The molecule has 2 aromatic carbocycles. The summed E-state index contributed by atoms with van der Waals surface area (Å²) in [7, 11) is 1.74.